The smallest absolute Gasteiger partial charge is 0.379 e. The minimum atomic E-state index is -0.972. The highest BCUT2D eigenvalue weighted by molar-refractivity contribution is 6.43. The largest absolute Gasteiger partial charge is 0.463 e. The van der Waals surface area contributed by atoms with Gasteiger partial charge in [-0.2, -0.15) is 0 Å². The summed E-state index contributed by atoms with van der Waals surface area (Å²) in [6.07, 6.45) is 1.44. The molecule has 0 saturated carbocycles. The molecule has 4 rings (SSSR count). The molecule has 35 heavy (non-hydrogen) atoms. The predicted octanol–water partition coefficient (Wildman–Crippen LogP) is 4.14. The number of halogens is 2. The van der Waals surface area contributed by atoms with E-state index < -0.39 is 11.8 Å². The van der Waals surface area contributed by atoms with Gasteiger partial charge in [-0.05, 0) is 49.2 Å². The van der Waals surface area contributed by atoms with Crippen LogP contribution in [0.25, 0.3) is 10.9 Å². The van der Waals surface area contributed by atoms with Gasteiger partial charge in [-0.15, -0.1) is 11.6 Å². The van der Waals surface area contributed by atoms with Crippen molar-refractivity contribution < 1.29 is 23.5 Å². The fourth-order valence-electron chi connectivity index (χ4n) is 4.60. The number of rotatable bonds is 6. The number of H-pyrrole nitrogens is 1. The molecule has 0 aliphatic carbocycles. The maximum absolute atomic E-state index is 13.7. The molecule has 1 fully saturated rings. The summed E-state index contributed by atoms with van der Waals surface area (Å²) in [4.78, 5) is 45.0. The molecule has 1 aliphatic heterocycles. The van der Waals surface area contributed by atoms with Crippen LogP contribution in [0.15, 0.2) is 42.6 Å². The second-order valence-corrected chi connectivity index (χ2v) is 9.19. The summed E-state index contributed by atoms with van der Waals surface area (Å²) in [5.74, 6) is -2.09. The Hall–Kier alpha value is -3.23. The Morgan fingerprint density at radius 3 is 2.46 bits per heavy atom. The van der Waals surface area contributed by atoms with Crippen LogP contribution in [-0.2, 0) is 22.0 Å². The van der Waals surface area contributed by atoms with E-state index in [1.54, 1.807) is 24.3 Å². The zero-order chi connectivity index (χ0) is 25.3. The van der Waals surface area contributed by atoms with Gasteiger partial charge in [0, 0.05) is 60.3 Å². The minimum absolute atomic E-state index is 0.0760. The lowest BCUT2D eigenvalue weighted by Crippen LogP contribution is -2.57. The number of alkyl halides is 1. The zero-order valence-electron chi connectivity index (χ0n) is 19.8. The molecule has 1 N–H and O–H groups in total. The molecule has 0 radical (unpaired) electrons. The number of hydrogen-bond acceptors (Lipinski definition) is 5. The van der Waals surface area contributed by atoms with Gasteiger partial charge in [0.25, 0.3) is 11.7 Å². The van der Waals surface area contributed by atoms with E-state index in [0.717, 1.165) is 12.7 Å². The van der Waals surface area contributed by atoms with Crippen LogP contribution in [-0.4, -0.2) is 64.7 Å². The standard InChI is InChI=1S/C26H27ClFN3O4/c1-15-13-31(16(2)12-30(15)14-17-4-6-19(28)7-5-17)25(33)20-9-21-22(24(32)26(34)35-3)11-29-23(21)8-18(20)10-27/h4-9,11,15-16,29H,10,12-14H2,1-3H3/t15-,16+/m0/s1. The van der Waals surface area contributed by atoms with Crippen LogP contribution in [0, 0.1) is 5.82 Å². The fraction of sp³-hybridized carbons (Fsp3) is 0.346. The van der Waals surface area contributed by atoms with Crippen molar-refractivity contribution in [2.75, 3.05) is 20.2 Å². The lowest BCUT2D eigenvalue weighted by Gasteiger charge is -2.44. The highest BCUT2D eigenvalue weighted by Gasteiger charge is 2.33. The number of nitrogens with one attached hydrogen (secondary N) is 1. The molecule has 3 aromatic rings. The van der Waals surface area contributed by atoms with Crippen LogP contribution in [0.3, 0.4) is 0 Å². The molecular weight excluding hydrogens is 473 g/mol. The van der Waals surface area contributed by atoms with Crippen molar-refractivity contribution >= 4 is 40.2 Å². The lowest BCUT2D eigenvalue weighted by atomic mass is 9.99. The minimum Gasteiger partial charge on any atom is -0.463 e. The first-order valence-electron chi connectivity index (χ1n) is 11.4. The Balaban J connectivity index is 1.60. The van der Waals surface area contributed by atoms with Crippen LogP contribution in [0.2, 0.25) is 0 Å². The van der Waals surface area contributed by atoms with E-state index in [-0.39, 0.29) is 35.3 Å². The Morgan fingerprint density at radius 1 is 1.09 bits per heavy atom. The number of nitrogens with zero attached hydrogens (tertiary/aromatic N) is 2. The molecular formula is C26H27ClFN3O4. The van der Waals surface area contributed by atoms with Gasteiger partial charge in [-0.25, -0.2) is 9.18 Å². The molecule has 7 nitrogen and oxygen atoms in total. The van der Waals surface area contributed by atoms with Crippen LogP contribution < -0.4 is 0 Å². The number of hydrogen-bond donors (Lipinski definition) is 1. The fourth-order valence-corrected chi connectivity index (χ4v) is 4.82. The second kappa shape index (κ2) is 10.2. The molecule has 0 bridgehead atoms. The SMILES string of the molecule is COC(=O)C(=O)c1c[nH]c2cc(CCl)c(C(=O)N3C[C@H](C)N(Cc4ccc(F)cc4)C[C@H]3C)cc12. The van der Waals surface area contributed by atoms with Gasteiger partial charge in [-0.3, -0.25) is 14.5 Å². The number of aromatic amines is 1. The van der Waals surface area contributed by atoms with Crippen molar-refractivity contribution in [3.05, 3.63) is 70.7 Å². The third-order valence-corrected chi connectivity index (χ3v) is 6.86. The van der Waals surface area contributed by atoms with E-state index >= 15 is 0 Å². The molecule has 2 atom stereocenters. The van der Waals surface area contributed by atoms with E-state index in [0.29, 0.717) is 41.7 Å². The van der Waals surface area contributed by atoms with Gasteiger partial charge in [0.05, 0.1) is 12.7 Å². The van der Waals surface area contributed by atoms with Crippen molar-refractivity contribution in [3.8, 4) is 0 Å². The van der Waals surface area contributed by atoms with E-state index in [1.165, 1.54) is 18.3 Å². The molecule has 184 valence electrons. The highest BCUT2D eigenvalue weighted by atomic mass is 35.5. The Labute approximate surface area is 207 Å². The van der Waals surface area contributed by atoms with Crippen molar-refractivity contribution in [2.45, 2.75) is 38.4 Å². The lowest BCUT2D eigenvalue weighted by molar-refractivity contribution is -0.135. The number of benzene rings is 2. The van der Waals surface area contributed by atoms with Crippen molar-refractivity contribution in [1.82, 2.24) is 14.8 Å². The summed E-state index contributed by atoms with van der Waals surface area (Å²) in [5, 5.41) is 0.466. The number of ether oxygens (including phenoxy) is 1. The van der Waals surface area contributed by atoms with Crippen LogP contribution in [0.1, 0.15) is 45.7 Å². The van der Waals surface area contributed by atoms with E-state index in [9.17, 15) is 18.8 Å². The number of piperazine rings is 1. The number of carbonyl (C=O) groups is 3. The van der Waals surface area contributed by atoms with Crippen molar-refractivity contribution in [2.24, 2.45) is 0 Å². The monoisotopic (exact) mass is 499 g/mol. The quantitative estimate of drug-likeness (QED) is 0.238. The molecule has 1 amide bonds. The Morgan fingerprint density at radius 2 is 1.80 bits per heavy atom. The number of esters is 1. The first kappa shape index (κ1) is 24.9. The number of methoxy groups -OCH3 is 1. The van der Waals surface area contributed by atoms with Crippen molar-refractivity contribution in [1.29, 1.82) is 0 Å². The summed E-state index contributed by atoms with van der Waals surface area (Å²) < 4.78 is 17.8. The van der Waals surface area contributed by atoms with Crippen LogP contribution in [0.4, 0.5) is 4.39 Å². The van der Waals surface area contributed by atoms with Crippen LogP contribution in [0.5, 0.6) is 0 Å². The normalized spacial score (nSPS) is 18.6. The topological polar surface area (TPSA) is 82.7 Å². The van der Waals surface area contributed by atoms with Gasteiger partial charge in [-0.1, -0.05) is 12.1 Å². The summed E-state index contributed by atoms with van der Waals surface area (Å²) in [6.45, 7) is 5.86. The second-order valence-electron chi connectivity index (χ2n) is 8.92. The summed E-state index contributed by atoms with van der Waals surface area (Å²) >= 11 is 6.19. The number of fused-ring (bicyclic) bond motifs is 1. The maximum Gasteiger partial charge on any atom is 0.379 e. The van der Waals surface area contributed by atoms with Crippen LogP contribution >= 0.6 is 11.6 Å². The number of ketones is 1. The van der Waals surface area contributed by atoms with E-state index in [2.05, 4.69) is 21.5 Å². The average Bonchev–Trinajstić information content (AvgIpc) is 3.27. The molecule has 1 saturated heterocycles. The first-order valence-corrected chi connectivity index (χ1v) is 11.9. The molecule has 9 heteroatoms. The summed E-state index contributed by atoms with van der Waals surface area (Å²) in [6, 6.07) is 9.81. The predicted molar refractivity (Wildman–Crippen MR) is 131 cm³/mol. The highest BCUT2D eigenvalue weighted by Crippen LogP contribution is 2.28. The van der Waals surface area contributed by atoms with E-state index in [4.69, 9.17) is 11.6 Å². The molecule has 2 heterocycles. The van der Waals surface area contributed by atoms with Crippen molar-refractivity contribution in [3.63, 3.8) is 0 Å². The Bertz CT molecular complexity index is 1270. The van der Waals surface area contributed by atoms with Gasteiger partial charge in [0.15, 0.2) is 0 Å². The third-order valence-electron chi connectivity index (χ3n) is 6.57. The maximum atomic E-state index is 13.7. The van der Waals surface area contributed by atoms with Gasteiger partial charge < -0.3 is 14.6 Å². The number of Topliss-reactive ketones (excluding diaryl/α,β-unsaturated/α-hetero) is 1. The average molecular weight is 500 g/mol. The van der Waals surface area contributed by atoms with Gasteiger partial charge in [0.2, 0.25) is 0 Å². The summed E-state index contributed by atoms with van der Waals surface area (Å²) in [5.41, 5.74) is 2.80. The third kappa shape index (κ3) is 4.94. The number of carbonyl (C=O) groups excluding carboxylic acids is 3. The summed E-state index contributed by atoms with van der Waals surface area (Å²) in [7, 11) is 1.15. The molecule has 2 aromatic carbocycles. The number of amides is 1. The molecule has 0 unspecified atom stereocenters. The molecule has 1 aromatic heterocycles. The van der Waals surface area contributed by atoms with E-state index in [1.807, 2.05) is 11.8 Å². The number of aromatic nitrogens is 1. The molecule has 0 spiro atoms. The zero-order valence-corrected chi connectivity index (χ0v) is 20.6. The first-order chi connectivity index (χ1) is 16.7. The Kier molecular flexibility index (Phi) is 7.23. The van der Waals surface area contributed by atoms with Gasteiger partial charge >= 0.3 is 5.97 Å². The van der Waals surface area contributed by atoms with Gasteiger partial charge in [0.1, 0.15) is 5.82 Å². The molecule has 1 aliphatic rings.